The van der Waals surface area contributed by atoms with Gasteiger partial charge in [-0.1, -0.05) is 118 Å². The average molecular weight is 1000 g/mol. The Morgan fingerprint density at radius 2 is 1.50 bits per heavy atom. The van der Waals surface area contributed by atoms with Gasteiger partial charge in [0.15, 0.2) is 23.3 Å². The standard InChI is InChI=1S/C59H74F2N4O6Si/c1-11-67-56(66)54(70-57(4,5)6)52-43(3)62-51-40-47(28-23-27-45-38-46(60)39-50(61)53(45)68-41-44-25-15-12-16-26-44)63-65(51)55(52)64-35-33-59(10,34-36-64)69-37-22-21-24-42(2)71-72(58(7,8)9,48-29-17-13-18-30-48)49-31-19-14-20-32-49/h12-20,23,25-26,28-32,38-40,42,54H,11,21-22,24,27,33-37,41H2,1-10H3/t42-,54+/m1/s1. The van der Waals surface area contributed by atoms with Crippen LogP contribution >= 0.6 is 0 Å². The molecule has 1 fully saturated rings. The Hall–Kier alpha value is -5.73. The van der Waals surface area contributed by atoms with E-state index in [1.165, 1.54) is 16.4 Å². The Bertz CT molecular complexity index is 2710. The summed E-state index contributed by atoms with van der Waals surface area (Å²) in [4.78, 5) is 21.1. The average Bonchev–Trinajstić information content (AvgIpc) is 3.74. The van der Waals surface area contributed by atoms with E-state index in [0.29, 0.717) is 53.7 Å². The molecule has 1 aliphatic heterocycles. The molecule has 0 radical (unpaired) electrons. The van der Waals surface area contributed by atoms with Gasteiger partial charge in [-0.05, 0) is 120 Å². The topological polar surface area (TPSA) is 96.7 Å². The van der Waals surface area contributed by atoms with E-state index in [0.717, 1.165) is 43.7 Å². The van der Waals surface area contributed by atoms with Gasteiger partial charge < -0.3 is 28.3 Å². The summed E-state index contributed by atoms with van der Waals surface area (Å²) >= 11 is 0. The number of fused-ring (bicyclic) bond motifs is 1. The number of esters is 1. The maximum absolute atomic E-state index is 15.1. The van der Waals surface area contributed by atoms with Crippen molar-refractivity contribution in [3.63, 3.8) is 0 Å². The van der Waals surface area contributed by atoms with Crippen LogP contribution < -0.4 is 20.0 Å². The fourth-order valence-electron chi connectivity index (χ4n) is 9.83. The number of rotatable bonds is 21. The van der Waals surface area contributed by atoms with Gasteiger partial charge in [0, 0.05) is 49.2 Å². The molecule has 0 unspecified atom stereocenters. The van der Waals surface area contributed by atoms with Crippen molar-refractivity contribution in [2.75, 3.05) is 31.2 Å². The molecule has 7 rings (SSSR count). The number of hydrogen-bond donors (Lipinski definition) is 0. The number of aromatic nitrogens is 3. The summed E-state index contributed by atoms with van der Waals surface area (Å²) in [6, 6.07) is 35.0. The zero-order chi connectivity index (χ0) is 51.7. The Morgan fingerprint density at radius 3 is 2.10 bits per heavy atom. The lowest BCUT2D eigenvalue weighted by atomic mass is 9.92. The summed E-state index contributed by atoms with van der Waals surface area (Å²) in [5.74, 6) is -1.26. The third kappa shape index (κ3) is 13.1. The highest BCUT2D eigenvalue weighted by molar-refractivity contribution is 6.99. The van der Waals surface area contributed by atoms with Crippen LogP contribution in [-0.2, 0) is 36.5 Å². The molecule has 4 aromatic carbocycles. The fourth-order valence-corrected chi connectivity index (χ4v) is 14.6. The molecule has 1 aliphatic rings. The molecule has 0 saturated carbocycles. The van der Waals surface area contributed by atoms with E-state index in [1.54, 1.807) is 23.6 Å². The molecule has 1 saturated heterocycles. The predicted octanol–water partition coefficient (Wildman–Crippen LogP) is 12.1. The van der Waals surface area contributed by atoms with Gasteiger partial charge in [-0.15, -0.1) is 0 Å². The molecule has 10 nitrogen and oxygen atoms in total. The largest absolute Gasteiger partial charge is 0.486 e. The van der Waals surface area contributed by atoms with Crippen LogP contribution in [-0.4, -0.2) is 72.5 Å². The maximum Gasteiger partial charge on any atom is 0.340 e. The Balaban J connectivity index is 1.07. The van der Waals surface area contributed by atoms with Crippen molar-refractivity contribution in [1.82, 2.24) is 14.6 Å². The van der Waals surface area contributed by atoms with E-state index >= 15 is 4.39 Å². The van der Waals surface area contributed by atoms with E-state index in [4.69, 9.17) is 33.5 Å². The van der Waals surface area contributed by atoms with Gasteiger partial charge in [-0.3, -0.25) is 0 Å². The minimum Gasteiger partial charge on any atom is -0.486 e. The van der Waals surface area contributed by atoms with Crippen LogP contribution in [0, 0.1) is 18.6 Å². The highest BCUT2D eigenvalue weighted by atomic mass is 28.4. The van der Waals surface area contributed by atoms with E-state index < -0.39 is 37.6 Å². The first-order valence-corrected chi connectivity index (χ1v) is 27.5. The lowest BCUT2D eigenvalue weighted by Crippen LogP contribution is -2.67. The normalized spacial score (nSPS) is 15.2. The first-order chi connectivity index (χ1) is 34.3. The highest BCUT2D eigenvalue weighted by Gasteiger charge is 2.51. The lowest BCUT2D eigenvalue weighted by molar-refractivity contribution is -0.166. The van der Waals surface area contributed by atoms with Crippen LogP contribution in [0.2, 0.25) is 5.04 Å². The molecular weight excluding hydrogens is 927 g/mol. The summed E-state index contributed by atoms with van der Waals surface area (Å²) in [5, 5.41) is 7.51. The van der Waals surface area contributed by atoms with Gasteiger partial charge in [-0.2, -0.15) is 9.61 Å². The summed E-state index contributed by atoms with van der Waals surface area (Å²) in [6.07, 6.45) is 7.04. The minimum absolute atomic E-state index is 0.000426. The quantitative estimate of drug-likeness (QED) is 0.0397. The second-order valence-electron chi connectivity index (χ2n) is 21.3. The SMILES string of the molecule is CCOC(=O)[C@@H](OC(C)(C)C)c1c(C)nc2cc(C=CCc3cc(F)cc(F)c3OCc3ccccc3)nn2c1N1CCC(C)(OCCCC[C@@H](C)O[Si](c2ccccc2)(c2ccccc2)C(C)(C)C)CC1. The Kier molecular flexibility index (Phi) is 17.6. The number of aryl methyl sites for hydroxylation is 1. The molecule has 0 amide bonds. The summed E-state index contributed by atoms with van der Waals surface area (Å²) in [5.41, 5.74) is 2.51. The van der Waals surface area contributed by atoms with Gasteiger partial charge in [0.25, 0.3) is 8.32 Å². The minimum atomic E-state index is -2.65. The van der Waals surface area contributed by atoms with Crippen molar-refractivity contribution in [2.45, 2.75) is 143 Å². The van der Waals surface area contributed by atoms with E-state index in [9.17, 15) is 9.18 Å². The molecule has 2 aromatic heterocycles. The van der Waals surface area contributed by atoms with Crippen LogP contribution in [0.1, 0.15) is 129 Å². The number of carbonyl (C=O) groups excluding carboxylic acids is 1. The zero-order valence-electron chi connectivity index (χ0n) is 44.0. The Labute approximate surface area is 426 Å². The maximum atomic E-state index is 15.1. The molecule has 3 heterocycles. The van der Waals surface area contributed by atoms with Crippen molar-refractivity contribution in [1.29, 1.82) is 0 Å². The lowest BCUT2D eigenvalue weighted by Gasteiger charge is -2.44. The highest BCUT2D eigenvalue weighted by Crippen LogP contribution is 2.40. The number of piperidine rings is 1. The fraction of sp³-hybridized carbons (Fsp3) is 0.441. The number of ether oxygens (including phenoxy) is 4. The van der Waals surface area contributed by atoms with Gasteiger partial charge in [0.05, 0.1) is 29.1 Å². The Morgan fingerprint density at radius 1 is 0.875 bits per heavy atom. The zero-order valence-corrected chi connectivity index (χ0v) is 45.0. The van der Waals surface area contributed by atoms with Gasteiger partial charge in [0.1, 0.15) is 18.2 Å². The molecule has 0 bridgehead atoms. The third-order valence-electron chi connectivity index (χ3n) is 13.4. The summed E-state index contributed by atoms with van der Waals surface area (Å²) in [6.45, 7) is 22.9. The van der Waals surface area contributed by atoms with Crippen molar-refractivity contribution in [2.24, 2.45) is 0 Å². The van der Waals surface area contributed by atoms with Crippen LogP contribution in [0.3, 0.4) is 0 Å². The van der Waals surface area contributed by atoms with Crippen molar-refractivity contribution in [3.8, 4) is 5.75 Å². The van der Waals surface area contributed by atoms with E-state index in [1.807, 2.05) is 64.1 Å². The third-order valence-corrected chi connectivity index (χ3v) is 18.5. The number of allylic oxidation sites excluding steroid dienone is 1. The van der Waals surface area contributed by atoms with Crippen LogP contribution in [0.25, 0.3) is 11.7 Å². The number of halogens is 2. The number of anilines is 1. The molecule has 0 aliphatic carbocycles. The van der Waals surface area contributed by atoms with Crippen molar-refractivity contribution in [3.05, 3.63) is 155 Å². The van der Waals surface area contributed by atoms with Crippen LogP contribution in [0.4, 0.5) is 14.6 Å². The molecule has 72 heavy (non-hydrogen) atoms. The first kappa shape index (κ1) is 54.1. The number of nitrogens with zero attached hydrogens (tertiary/aromatic N) is 4. The number of benzene rings is 4. The summed E-state index contributed by atoms with van der Waals surface area (Å²) < 4.78 is 63.6. The van der Waals surface area contributed by atoms with Gasteiger partial charge in [-0.25, -0.2) is 18.6 Å². The molecule has 384 valence electrons. The number of unbranched alkanes of at least 4 members (excludes halogenated alkanes) is 1. The van der Waals surface area contributed by atoms with Crippen LogP contribution in [0.15, 0.2) is 115 Å². The smallest absolute Gasteiger partial charge is 0.340 e. The second kappa shape index (κ2) is 23.4. The molecule has 13 heteroatoms. The van der Waals surface area contributed by atoms with E-state index in [2.05, 4.69) is 100 Å². The second-order valence-corrected chi connectivity index (χ2v) is 25.5. The molecule has 0 spiro atoms. The predicted molar refractivity (Wildman–Crippen MR) is 286 cm³/mol. The van der Waals surface area contributed by atoms with Gasteiger partial charge in [0.2, 0.25) is 0 Å². The number of carbonyl (C=O) groups is 1. The molecule has 6 aromatic rings. The molecular formula is C59H74F2N4O6Si. The molecule has 0 N–H and O–H groups in total. The molecule has 2 atom stereocenters. The van der Waals surface area contributed by atoms with E-state index in [-0.39, 0.29) is 42.1 Å². The van der Waals surface area contributed by atoms with Gasteiger partial charge >= 0.3 is 5.97 Å². The van der Waals surface area contributed by atoms with Crippen LogP contribution in [0.5, 0.6) is 5.75 Å². The first-order valence-electron chi connectivity index (χ1n) is 25.5. The number of hydrogen-bond acceptors (Lipinski definition) is 9. The van der Waals surface area contributed by atoms with Crippen molar-refractivity contribution >= 4 is 42.2 Å². The van der Waals surface area contributed by atoms with Crippen molar-refractivity contribution < 1.29 is 36.9 Å². The summed E-state index contributed by atoms with van der Waals surface area (Å²) in [7, 11) is -2.65. The monoisotopic (exact) mass is 1000 g/mol.